The van der Waals surface area contributed by atoms with Gasteiger partial charge in [0.2, 0.25) is 59.1 Å². The van der Waals surface area contributed by atoms with Gasteiger partial charge in [0.25, 0.3) is 0 Å². The maximum Gasteiger partial charge on any atom is 0.305 e. The molecule has 0 bridgehead atoms. The molecule has 1 saturated heterocycles. The summed E-state index contributed by atoms with van der Waals surface area (Å²) in [4.78, 5) is 141. The Morgan fingerprint density at radius 2 is 0.945 bits per heavy atom. The SMILES string of the molecule is CC[C@H](C)[C@@H]1NC(=O)[C@H](CCC(N)=O)NC(=O)[C@H]([C@@H](C)O)NC(=O)[C@H](C)NC(=O)[C@H](CC(N)=O)NC(=O)[C@H](C)NC(=O)[C@H](C)NC(=O)[C@H](CC(=O)O)NC1=O. The lowest BCUT2D eigenvalue weighted by atomic mass is 9.96. The third kappa shape index (κ3) is 15.6. The van der Waals surface area contributed by atoms with E-state index in [0.29, 0.717) is 0 Å². The van der Waals surface area contributed by atoms with E-state index < -0.39 is 151 Å². The van der Waals surface area contributed by atoms with Gasteiger partial charge in [-0.2, -0.15) is 0 Å². The van der Waals surface area contributed by atoms with Crippen LogP contribution in [0.1, 0.15) is 73.6 Å². The standard InChI is InChI=1S/C32H52N10O13/c1-7-12(2)23-31(54)40-19(11-22(46)47)30(53)36-13(3)25(48)35-14(4)26(49)39-18(10-21(34)45)29(52)37-15(5)27(50)42-24(16(6)43)32(55)38-17(28(51)41-23)8-9-20(33)44/h12-19,23-24,43H,7-11H2,1-6H3,(H2,33,44)(H2,34,45)(H,35,48)(H,36,53)(H,37,52)(H,38,55)(H,39,49)(H,40,54)(H,41,51)(H,42,50)(H,46,47)/t12-,13-,14-,15-,16+,17-,18-,19-,23-,24-/m0/s1. The molecule has 308 valence electrons. The number of carboxylic acids is 1. The second kappa shape index (κ2) is 21.7. The molecule has 0 aliphatic carbocycles. The van der Waals surface area contributed by atoms with E-state index in [1.54, 1.807) is 13.8 Å². The first-order valence-electron chi connectivity index (χ1n) is 17.4. The van der Waals surface area contributed by atoms with Crippen LogP contribution in [0.4, 0.5) is 0 Å². The largest absolute Gasteiger partial charge is 0.481 e. The predicted octanol–water partition coefficient (Wildman–Crippen LogP) is -6.02. The number of carboxylic acid groups (broad SMARTS) is 1. The molecule has 1 heterocycles. The number of nitrogens with two attached hydrogens (primary N) is 2. The maximum atomic E-state index is 13.6. The van der Waals surface area contributed by atoms with E-state index in [2.05, 4.69) is 42.5 Å². The van der Waals surface area contributed by atoms with Gasteiger partial charge in [0.15, 0.2) is 0 Å². The zero-order chi connectivity index (χ0) is 42.3. The number of hydrogen-bond donors (Lipinski definition) is 12. The molecule has 1 aliphatic heterocycles. The topological polar surface area (TPSA) is 377 Å². The van der Waals surface area contributed by atoms with Crippen LogP contribution in [-0.4, -0.2) is 130 Å². The zero-order valence-electron chi connectivity index (χ0n) is 31.3. The summed E-state index contributed by atoms with van der Waals surface area (Å²) in [6, 6.07) is -12.7. The van der Waals surface area contributed by atoms with Gasteiger partial charge in [0.1, 0.15) is 48.3 Å². The van der Waals surface area contributed by atoms with Gasteiger partial charge in [-0.1, -0.05) is 20.3 Å². The van der Waals surface area contributed by atoms with Crippen LogP contribution in [0, 0.1) is 5.92 Å². The van der Waals surface area contributed by atoms with Gasteiger partial charge in [-0.3, -0.25) is 52.7 Å². The monoisotopic (exact) mass is 784 g/mol. The normalized spacial score (nSPS) is 28.2. The summed E-state index contributed by atoms with van der Waals surface area (Å²) in [5, 5.41) is 38.1. The number of carbonyl (C=O) groups excluding carboxylic acids is 10. The van der Waals surface area contributed by atoms with Crippen LogP contribution in [-0.2, 0) is 52.7 Å². The number of rotatable bonds is 10. The van der Waals surface area contributed by atoms with Gasteiger partial charge in [-0.25, -0.2) is 0 Å². The Hall–Kier alpha value is -5.87. The predicted molar refractivity (Wildman–Crippen MR) is 188 cm³/mol. The van der Waals surface area contributed by atoms with Crippen molar-refractivity contribution in [1.82, 2.24) is 42.5 Å². The quantitative estimate of drug-likeness (QED) is 0.0983. The van der Waals surface area contributed by atoms with Crippen molar-refractivity contribution in [3.8, 4) is 0 Å². The molecule has 1 fully saturated rings. The van der Waals surface area contributed by atoms with Crippen LogP contribution in [0.15, 0.2) is 0 Å². The molecule has 10 amide bonds. The van der Waals surface area contributed by atoms with Crippen LogP contribution < -0.4 is 54.0 Å². The average Bonchev–Trinajstić information content (AvgIpc) is 3.08. The van der Waals surface area contributed by atoms with Crippen LogP contribution in [0.2, 0.25) is 0 Å². The summed E-state index contributed by atoms with van der Waals surface area (Å²) in [6.07, 6.45) is -3.99. The van der Waals surface area contributed by atoms with Crippen LogP contribution in [0.25, 0.3) is 0 Å². The average molecular weight is 785 g/mol. The molecule has 1 aliphatic rings. The summed E-state index contributed by atoms with van der Waals surface area (Å²) in [7, 11) is 0. The zero-order valence-corrected chi connectivity index (χ0v) is 31.3. The molecule has 0 radical (unpaired) electrons. The van der Waals surface area contributed by atoms with E-state index in [0.717, 1.165) is 6.92 Å². The summed E-state index contributed by atoms with van der Waals surface area (Å²) >= 11 is 0. The van der Waals surface area contributed by atoms with E-state index in [1.807, 2.05) is 0 Å². The fourth-order valence-electron chi connectivity index (χ4n) is 4.97. The Kier molecular flexibility index (Phi) is 18.6. The summed E-state index contributed by atoms with van der Waals surface area (Å²) < 4.78 is 0. The highest BCUT2D eigenvalue weighted by Gasteiger charge is 2.37. The first kappa shape index (κ1) is 47.2. The second-order valence-corrected chi connectivity index (χ2v) is 13.2. The van der Waals surface area contributed by atoms with Gasteiger partial charge >= 0.3 is 5.97 Å². The van der Waals surface area contributed by atoms with Crippen molar-refractivity contribution in [2.24, 2.45) is 17.4 Å². The van der Waals surface area contributed by atoms with Crippen LogP contribution >= 0.6 is 0 Å². The molecule has 14 N–H and O–H groups in total. The van der Waals surface area contributed by atoms with E-state index in [-0.39, 0.29) is 6.42 Å². The number of nitrogens with one attached hydrogen (secondary N) is 8. The van der Waals surface area contributed by atoms with Crippen molar-refractivity contribution in [3.05, 3.63) is 0 Å². The molecule has 0 aromatic heterocycles. The van der Waals surface area contributed by atoms with Crippen molar-refractivity contribution in [1.29, 1.82) is 0 Å². The number of primary amides is 2. The maximum absolute atomic E-state index is 13.6. The van der Waals surface area contributed by atoms with Gasteiger partial charge in [-0.05, 0) is 40.0 Å². The molecule has 0 spiro atoms. The number of hydrogen-bond acceptors (Lipinski definition) is 12. The highest BCUT2D eigenvalue weighted by atomic mass is 16.4. The molecule has 0 aromatic carbocycles. The Morgan fingerprint density at radius 1 is 0.564 bits per heavy atom. The Labute approximate surface area is 315 Å². The molecule has 0 saturated carbocycles. The van der Waals surface area contributed by atoms with E-state index >= 15 is 0 Å². The van der Waals surface area contributed by atoms with Crippen molar-refractivity contribution in [2.75, 3.05) is 0 Å². The third-order valence-corrected chi connectivity index (χ3v) is 8.47. The minimum absolute atomic E-state index is 0.254. The van der Waals surface area contributed by atoms with Crippen molar-refractivity contribution in [2.45, 2.75) is 128 Å². The number of amides is 10. The number of aliphatic hydroxyl groups excluding tert-OH is 1. The Bertz CT molecular complexity index is 1510. The molecule has 10 atom stereocenters. The van der Waals surface area contributed by atoms with E-state index in [9.17, 15) is 63.0 Å². The highest BCUT2D eigenvalue weighted by molar-refractivity contribution is 6.00. The second-order valence-electron chi connectivity index (χ2n) is 13.2. The van der Waals surface area contributed by atoms with Gasteiger partial charge in [0, 0.05) is 6.42 Å². The van der Waals surface area contributed by atoms with Gasteiger partial charge in [0.05, 0.1) is 18.9 Å². The summed E-state index contributed by atoms with van der Waals surface area (Å²) in [5.41, 5.74) is 10.5. The lowest BCUT2D eigenvalue weighted by molar-refractivity contribution is -0.142. The molecule has 0 aromatic rings. The fraction of sp³-hybridized carbons (Fsp3) is 0.656. The van der Waals surface area contributed by atoms with E-state index in [4.69, 9.17) is 11.5 Å². The van der Waals surface area contributed by atoms with Gasteiger partial charge in [-0.15, -0.1) is 0 Å². The lowest BCUT2D eigenvalue weighted by Gasteiger charge is -2.29. The number of carbonyl (C=O) groups is 11. The third-order valence-electron chi connectivity index (χ3n) is 8.47. The van der Waals surface area contributed by atoms with E-state index in [1.165, 1.54) is 20.8 Å². The van der Waals surface area contributed by atoms with Crippen molar-refractivity contribution in [3.63, 3.8) is 0 Å². The highest BCUT2D eigenvalue weighted by Crippen LogP contribution is 2.11. The minimum atomic E-state index is -1.80. The molecule has 23 heteroatoms. The molecule has 0 unspecified atom stereocenters. The first-order valence-corrected chi connectivity index (χ1v) is 17.4. The molecule has 1 rings (SSSR count). The molecule has 55 heavy (non-hydrogen) atoms. The van der Waals surface area contributed by atoms with Crippen molar-refractivity contribution < 1.29 is 63.0 Å². The lowest BCUT2D eigenvalue weighted by Crippen LogP contribution is -2.62. The Morgan fingerprint density at radius 3 is 1.40 bits per heavy atom. The van der Waals surface area contributed by atoms with Crippen molar-refractivity contribution >= 4 is 65.0 Å². The summed E-state index contributed by atoms with van der Waals surface area (Å²) in [5.74, 6) is -12.6. The summed E-state index contributed by atoms with van der Waals surface area (Å²) in [6.45, 7) is 7.86. The number of aliphatic hydroxyl groups is 1. The Balaban J connectivity index is 3.73. The van der Waals surface area contributed by atoms with Gasteiger partial charge < -0.3 is 64.2 Å². The fourth-order valence-corrected chi connectivity index (χ4v) is 4.97. The van der Waals surface area contributed by atoms with Crippen LogP contribution in [0.5, 0.6) is 0 Å². The first-order chi connectivity index (χ1) is 25.5. The molecular weight excluding hydrogens is 732 g/mol. The van der Waals surface area contributed by atoms with Crippen LogP contribution in [0.3, 0.4) is 0 Å². The minimum Gasteiger partial charge on any atom is -0.481 e. The molecular formula is C32H52N10O13. The smallest absolute Gasteiger partial charge is 0.305 e. The number of aliphatic carboxylic acids is 1. The molecule has 23 nitrogen and oxygen atoms in total.